The minimum Gasteiger partial charge on any atom is -0.348 e. The van der Waals surface area contributed by atoms with E-state index in [1.54, 1.807) is 0 Å². The third kappa shape index (κ3) is 3.91. The van der Waals surface area contributed by atoms with E-state index in [0.717, 1.165) is 35.7 Å². The van der Waals surface area contributed by atoms with Crippen LogP contribution >= 0.6 is 11.8 Å². The van der Waals surface area contributed by atoms with Crippen LogP contribution in [0.1, 0.15) is 66.6 Å². The van der Waals surface area contributed by atoms with Gasteiger partial charge in [0, 0.05) is 29.4 Å². The van der Waals surface area contributed by atoms with Gasteiger partial charge in [0.15, 0.2) is 5.78 Å². The molecule has 2 aromatic rings. The third-order valence-corrected chi connectivity index (χ3v) is 5.43. The van der Waals surface area contributed by atoms with Crippen molar-refractivity contribution < 1.29 is 4.79 Å². The number of aromatic amines is 1. The van der Waals surface area contributed by atoms with Crippen molar-refractivity contribution >= 4 is 17.5 Å². The lowest BCUT2D eigenvalue weighted by molar-refractivity contribution is 0.102. The number of hydrogen-bond donors (Lipinski definition) is 1. The highest BCUT2D eigenvalue weighted by Crippen LogP contribution is 2.38. The highest BCUT2D eigenvalue weighted by atomic mass is 32.2. The maximum atomic E-state index is 12.6. The molecule has 0 atom stereocenters. The molecular formula is C18H26N4OS. The zero-order valence-electron chi connectivity index (χ0n) is 14.9. The first-order valence-electron chi connectivity index (χ1n) is 8.70. The molecule has 1 N–H and O–H groups in total. The largest absolute Gasteiger partial charge is 0.348 e. The van der Waals surface area contributed by atoms with Gasteiger partial charge in [-0.2, -0.15) is 0 Å². The molecule has 0 aromatic carbocycles. The van der Waals surface area contributed by atoms with Crippen LogP contribution < -0.4 is 0 Å². The average molecular weight is 347 g/mol. The second-order valence-electron chi connectivity index (χ2n) is 7.11. The summed E-state index contributed by atoms with van der Waals surface area (Å²) < 4.78 is 2.26. The molecule has 2 aromatic heterocycles. The number of aryl methyl sites for hydroxylation is 1. The Labute approximate surface area is 147 Å². The van der Waals surface area contributed by atoms with Crippen molar-refractivity contribution in [1.82, 2.24) is 19.7 Å². The van der Waals surface area contributed by atoms with E-state index in [1.165, 1.54) is 24.6 Å². The summed E-state index contributed by atoms with van der Waals surface area (Å²) in [7, 11) is 0. The average Bonchev–Trinajstić information content (AvgIpc) is 3.21. The van der Waals surface area contributed by atoms with Gasteiger partial charge >= 0.3 is 0 Å². The molecular weight excluding hydrogens is 320 g/mol. The van der Waals surface area contributed by atoms with Crippen molar-refractivity contribution in [2.75, 3.05) is 5.75 Å². The molecule has 2 heterocycles. The van der Waals surface area contributed by atoms with Crippen molar-refractivity contribution in [1.29, 1.82) is 0 Å². The number of carbonyl (C=O) groups excluding carboxylic acids is 1. The fourth-order valence-corrected chi connectivity index (χ4v) is 3.57. The number of aromatic nitrogens is 4. The standard InChI is InChI=1S/C18H26N4OS/c1-11(2)7-8-22-12(3)9-15(13(22)4)16(23)10-24-18-19-17(20-21-18)14-5-6-14/h9,11,14H,5-8,10H2,1-4H3,(H,19,20,21). The number of carbonyl (C=O) groups is 1. The summed E-state index contributed by atoms with van der Waals surface area (Å²) >= 11 is 1.42. The first-order chi connectivity index (χ1) is 11.5. The molecule has 1 fully saturated rings. The molecule has 0 saturated heterocycles. The molecule has 1 saturated carbocycles. The Bertz CT molecular complexity index is 727. The maximum absolute atomic E-state index is 12.6. The summed E-state index contributed by atoms with van der Waals surface area (Å²) in [6, 6.07) is 2.02. The maximum Gasteiger partial charge on any atom is 0.208 e. The molecule has 0 amide bonds. The van der Waals surface area contributed by atoms with Crippen LogP contribution in [0.15, 0.2) is 11.2 Å². The van der Waals surface area contributed by atoms with Crippen LogP contribution in [0.4, 0.5) is 0 Å². The van der Waals surface area contributed by atoms with Crippen molar-refractivity contribution in [2.24, 2.45) is 5.92 Å². The van der Waals surface area contributed by atoms with Crippen LogP contribution in [0.25, 0.3) is 0 Å². The fourth-order valence-electron chi connectivity index (χ4n) is 2.88. The lowest BCUT2D eigenvalue weighted by Gasteiger charge is -2.11. The van der Waals surface area contributed by atoms with E-state index in [0.29, 0.717) is 22.7 Å². The zero-order valence-corrected chi connectivity index (χ0v) is 15.7. The van der Waals surface area contributed by atoms with Gasteiger partial charge in [-0.15, -0.1) is 5.10 Å². The minimum atomic E-state index is 0.154. The Morgan fingerprint density at radius 1 is 1.42 bits per heavy atom. The Morgan fingerprint density at radius 2 is 2.17 bits per heavy atom. The van der Waals surface area contributed by atoms with E-state index in [1.807, 2.05) is 13.0 Å². The van der Waals surface area contributed by atoms with Gasteiger partial charge in [-0.05, 0) is 45.1 Å². The Hall–Kier alpha value is -1.56. The number of rotatable bonds is 8. The highest BCUT2D eigenvalue weighted by Gasteiger charge is 2.27. The van der Waals surface area contributed by atoms with Gasteiger partial charge in [-0.3, -0.25) is 9.89 Å². The molecule has 6 heteroatoms. The summed E-state index contributed by atoms with van der Waals surface area (Å²) in [5.41, 5.74) is 3.07. The second kappa shape index (κ2) is 7.13. The van der Waals surface area contributed by atoms with Gasteiger partial charge in [-0.25, -0.2) is 4.98 Å². The number of Topliss-reactive ketones (excluding diaryl/α,β-unsaturated/α-hetero) is 1. The Kier molecular flexibility index (Phi) is 5.13. The van der Waals surface area contributed by atoms with Gasteiger partial charge < -0.3 is 4.57 Å². The molecule has 0 unspecified atom stereocenters. The lowest BCUT2D eigenvalue weighted by atomic mass is 10.1. The molecule has 130 valence electrons. The second-order valence-corrected chi connectivity index (χ2v) is 8.05. The predicted molar refractivity (Wildman–Crippen MR) is 96.8 cm³/mol. The van der Waals surface area contributed by atoms with Gasteiger partial charge in [0.1, 0.15) is 5.82 Å². The van der Waals surface area contributed by atoms with E-state index >= 15 is 0 Å². The summed E-state index contributed by atoms with van der Waals surface area (Å²) in [5, 5.41) is 7.87. The van der Waals surface area contributed by atoms with Crippen molar-refractivity contribution in [3.8, 4) is 0 Å². The Balaban J connectivity index is 1.62. The fraction of sp³-hybridized carbons (Fsp3) is 0.611. The van der Waals surface area contributed by atoms with Gasteiger partial charge in [0.05, 0.1) is 5.75 Å². The van der Waals surface area contributed by atoms with E-state index in [4.69, 9.17) is 0 Å². The van der Waals surface area contributed by atoms with Gasteiger partial charge in [-0.1, -0.05) is 25.6 Å². The number of thioether (sulfide) groups is 1. The summed E-state index contributed by atoms with van der Waals surface area (Å²) in [5.74, 6) is 2.73. The number of hydrogen-bond acceptors (Lipinski definition) is 4. The SMILES string of the molecule is Cc1cc(C(=O)CSc2n[nH]c(C3CC3)n2)c(C)n1CCC(C)C. The topological polar surface area (TPSA) is 63.6 Å². The molecule has 0 aliphatic heterocycles. The quantitative estimate of drug-likeness (QED) is 0.577. The van der Waals surface area contributed by atoms with Gasteiger partial charge in [0.25, 0.3) is 0 Å². The summed E-state index contributed by atoms with van der Waals surface area (Å²) in [6.45, 7) is 9.55. The molecule has 5 nitrogen and oxygen atoms in total. The monoisotopic (exact) mass is 346 g/mol. The summed E-state index contributed by atoms with van der Waals surface area (Å²) in [6.07, 6.45) is 3.51. The summed E-state index contributed by atoms with van der Waals surface area (Å²) in [4.78, 5) is 17.1. The van der Waals surface area contributed by atoms with Gasteiger partial charge in [0.2, 0.25) is 5.16 Å². The number of ketones is 1. The van der Waals surface area contributed by atoms with Crippen LogP contribution in [-0.4, -0.2) is 31.3 Å². The van der Waals surface area contributed by atoms with E-state index in [9.17, 15) is 4.79 Å². The van der Waals surface area contributed by atoms with Crippen LogP contribution in [-0.2, 0) is 6.54 Å². The smallest absolute Gasteiger partial charge is 0.208 e. The van der Waals surface area contributed by atoms with Crippen LogP contribution in [0.3, 0.4) is 0 Å². The van der Waals surface area contributed by atoms with Crippen molar-refractivity contribution in [2.45, 2.75) is 64.6 Å². The normalized spacial score (nSPS) is 14.5. The van der Waals surface area contributed by atoms with Crippen molar-refractivity contribution in [3.63, 3.8) is 0 Å². The molecule has 24 heavy (non-hydrogen) atoms. The molecule has 3 rings (SSSR count). The van der Waals surface area contributed by atoms with Crippen LogP contribution in [0.5, 0.6) is 0 Å². The van der Waals surface area contributed by atoms with Crippen LogP contribution in [0, 0.1) is 19.8 Å². The Morgan fingerprint density at radius 3 is 2.83 bits per heavy atom. The van der Waals surface area contributed by atoms with E-state index < -0.39 is 0 Å². The molecule has 0 bridgehead atoms. The number of nitrogens with one attached hydrogen (secondary N) is 1. The predicted octanol–water partition coefficient (Wildman–Crippen LogP) is 4.12. The first kappa shape index (κ1) is 17.3. The molecule has 0 radical (unpaired) electrons. The van der Waals surface area contributed by atoms with Crippen LogP contribution in [0.2, 0.25) is 0 Å². The molecule has 0 spiro atoms. The van der Waals surface area contributed by atoms with E-state index in [-0.39, 0.29) is 5.78 Å². The van der Waals surface area contributed by atoms with E-state index in [2.05, 4.69) is 40.5 Å². The third-order valence-electron chi connectivity index (χ3n) is 4.58. The molecule has 1 aliphatic rings. The first-order valence-corrected chi connectivity index (χ1v) is 9.69. The lowest BCUT2D eigenvalue weighted by Crippen LogP contribution is -2.08. The minimum absolute atomic E-state index is 0.154. The van der Waals surface area contributed by atoms with Crippen molar-refractivity contribution in [3.05, 3.63) is 28.8 Å². The number of nitrogens with zero attached hydrogens (tertiary/aromatic N) is 3. The molecule has 1 aliphatic carbocycles. The highest BCUT2D eigenvalue weighted by molar-refractivity contribution is 7.99. The zero-order chi connectivity index (χ0) is 17.3. The number of H-pyrrole nitrogens is 1.